The van der Waals surface area contributed by atoms with Crippen LogP contribution in [0.2, 0.25) is 0 Å². The molecule has 1 aromatic rings. The van der Waals surface area contributed by atoms with Gasteiger partial charge in [-0.1, -0.05) is 6.92 Å². The molecule has 0 radical (unpaired) electrons. The monoisotopic (exact) mass is 220 g/mol. The molecule has 1 heterocycles. The molecule has 0 saturated heterocycles. The van der Waals surface area contributed by atoms with Gasteiger partial charge in [-0.3, -0.25) is 0 Å². The van der Waals surface area contributed by atoms with Gasteiger partial charge in [0, 0.05) is 19.6 Å². The first kappa shape index (κ1) is 11.3. The fourth-order valence-electron chi connectivity index (χ4n) is 1.85. The molecule has 4 nitrogen and oxygen atoms in total. The highest BCUT2D eigenvalue weighted by Gasteiger charge is 2.22. The molecule has 1 aromatic heterocycles. The molecular formula is C12H20N4. The van der Waals surface area contributed by atoms with Gasteiger partial charge in [0.2, 0.25) is 0 Å². The third-order valence-electron chi connectivity index (χ3n) is 3.25. The molecule has 1 N–H and O–H groups in total. The summed E-state index contributed by atoms with van der Waals surface area (Å²) in [4.78, 5) is 2.24. The molecule has 0 atom stereocenters. The van der Waals surface area contributed by atoms with Gasteiger partial charge in [-0.15, -0.1) is 5.10 Å². The van der Waals surface area contributed by atoms with Crippen LogP contribution in [0.3, 0.4) is 0 Å². The van der Waals surface area contributed by atoms with Crippen LogP contribution in [0.4, 0.5) is 5.82 Å². The van der Waals surface area contributed by atoms with Crippen LogP contribution in [-0.2, 0) is 6.54 Å². The Balaban J connectivity index is 1.95. The van der Waals surface area contributed by atoms with Gasteiger partial charge in [-0.2, -0.15) is 5.10 Å². The van der Waals surface area contributed by atoms with Crippen molar-refractivity contribution in [1.29, 1.82) is 0 Å². The van der Waals surface area contributed by atoms with Gasteiger partial charge < -0.3 is 10.2 Å². The Morgan fingerprint density at radius 3 is 2.69 bits per heavy atom. The molecular weight excluding hydrogens is 200 g/mol. The van der Waals surface area contributed by atoms with Gasteiger partial charge in [0.05, 0.1) is 5.69 Å². The molecule has 2 rings (SSSR count). The van der Waals surface area contributed by atoms with Crippen molar-refractivity contribution < 1.29 is 0 Å². The summed E-state index contributed by atoms with van der Waals surface area (Å²) >= 11 is 0. The van der Waals surface area contributed by atoms with E-state index in [-0.39, 0.29) is 0 Å². The summed E-state index contributed by atoms with van der Waals surface area (Å²) in [5.74, 6) is 0.991. The highest BCUT2D eigenvalue weighted by Crippen LogP contribution is 2.26. The zero-order valence-corrected chi connectivity index (χ0v) is 10.1. The van der Waals surface area contributed by atoms with Gasteiger partial charge in [0.15, 0.2) is 5.82 Å². The highest BCUT2D eigenvalue weighted by atomic mass is 15.3. The number of anilines is 1. The van der Waals surface area contributed by atoms with Gasteiger partial charge in [-0.25, -0.2) is 0 Å². The van der Waals surface area contributed by atoms with Gasteiger partial charge in [0.25, 0.3) is 0 Å². The van der Waals surface area contributed by atoms with Crippen LogP contribution in [0.5, 0.6) is 0 Å². The lowest BCUT2D eigenvalue weighted by molar-refractivity contribution is 0.398. The summed E-state index contributed by atoms with van der Waals surface area (Å²) < 4.78 is 0. The van der Waals surface area contributed by atoms with Crippen molar-refractivity contribution >= 4 is 5.82 Å². The van der Waals surface area contributed by atoms with Crippen LogP contribution in [0, 0.1) is 0 Å². The van der Waals surface area contributed by atoms with Gasteiger partial charge in [-0.05, 0) is 37.9 Å². The van der Waals surface area contributed by atoms with Gasteiger partial charge >= 0.3 is 0 Å². The molecule has 0 spiro atoms. The summed E-state index contributed by atoms with van der Waals surface area (Å²) in [6, 6.07) is 4.80. The molecule has 0 aliphatic heterocycles. The number of hydrogen-bond donors (Lipinski definition) is 1. The predicted molar refractivity (Wildman–Crippen MR) is 65.5 cm³/mol. The number of hydrogen-bond acceptors (Lipinski definition) is 4. The predicted octanol–water partition coefficient (Wildman–Crippen LogP) is 1.57. The average Bonchev–Trinajstić information content (AvgIpc) is 2.24. The summed E-state index contributed by atoms with van der Waals surface area (Å²) in [5, 5.41) is 11.7. The maximum Gasteiger partial charge on any atom is 0.151 e. The van der Waals surface area contributed by atoms with Crippen LogP contribution in [-0.4, -0.2) is 29.8 Å². The van der Waals surface area contributed by atoms with E-state index in [0.717, 1.165) is 24.6 Å². The molecule has 1 saturated carbocycles. The summed E-state index contributed by atoms with van der Waals surface area (Å²) in [5.41, 5.74) is 1.01. The molecule has 0 unspecified atom stereocenters. The normalized spacial score (nSPS) is 15.9. The van der Waals surface area contributed by atoms with Crippen LogP contribution in [0.1, 0.15) is 31.9 Å². The van der Waals surface area contributed by atoms with Crippen molar-refractivity contribution in [3.63, 3.8) is 0 Å². The van der Waals surface area contributed by atoms with Crippen molar-refractivity contribution in [2.24, 2.45) is 0 Å². The summed E-state index contributed by atoms with van der Waals surface area (Å²) in [6.45, 7) is 3.86. The molecule has 88 valence electrons. The SMILES string of the molecule is CCNCc1ccc(N(C)C2CCC2)nn1. The van der Waals surface area contributed by atoms with Crippen molar-refractivity contribution in [3.8, 4) is 0 Å². The molecule has 0 aromatic carbocycles. The minimum Gasteiger partial charge on any atom is -0.355 e. The topological polar surface area (TPSA) is 41.0 Å². The fourth-order valence-corrected chi connectivity index (χ4v) is 1.85. The maximum atomic E-state index is 4.27. The Kier molecular flexibility index (Phi) is 3.72. The maximum absolute atomic E-state index is 4.27. The second-order valence-electron chi connectivity index (χ2n) is 4.36. The standard InChI is InChI=1S/C12H20N4/c1-3-13-9-10-7-8-12(15-14-10)16(2)11-5-4-6-11/h7-8,11,13H,3-6,9H2,1-2H3. The Morgan fingerprint density at radius 1 is 1.38 bits per heavy atom. The first-order valence-corrected chi connectivity index (χ1v) is 6.07. The van der Waals surface area contributed by atoms with Crippen LogP contribution in [0.25, 0.3) is 0 Å². The molecule has 4 heteroatoms. The molecule has 16 heavy (non-hydrogen) atoms. The molecule has 0 amide bonds. The second kappa shape index (κ2) is 5.25. The van der Waals surface area contributed by atoms with Crippen molar-refractivity contribution in [2.45, 2.75) is 38.8 Å². The largest absolute Gasteiger partial charge is 0.355 e. The van der Waals surface area contributed by atoms with Gasteiger partial charge in [0.1, 0.15) is 0 Å². The van der Waals surface area contributed by atoms with Crippen molar-refractivity contribution in [3.05, 3.63) is 17.8 Å². The van der Waals surface area contributed by atoms with E-state index in [0.29, 0.717) is 6.04 Å². The second-order valence-corrected chi connectivity index (χ2v) is 4.36. The highest BCUT2D eigenvalue weighted by molar-refractivity contribution is 5.38. The zero-order chi connectivity index (χ0) is 11.4. The van der Waals surface area contributed by atoms with E-state index in [4.69, 9.17) is 0 Å². The Labute approximate surface area is 97.1 Å². The summed E-state index contributed by atoms with van der Waals surface area (Å²) in [7, 11) is 2.11. The smallest absolute Gasteiger partial charge is 0.151 e. The van der Waals surface area contributed by atoms with E-state index in [2.05, 4.69) is 46.5 Å². The number of nitrogens with zero attached hydrogens (tertiary/aromatic N) is 3. The first-order valence-electron chi connectivity index (χ1n) is 6.07. The third kappa shape index (κ3) is 2.50. The minimum atomic E-state index is 0.675. The van der Waals surface area contributed by atoms with Crippen molar-refractivity contribution in [2.75, 3.05) is 18.5 Å². The lowest BCUT2D eigenvalue weighted by atomic mass is 9.92. The lowest BCUT2D eigenvalue weighted by Gasteiger charge is -2.35. The molecule has 0 bridgehead atoms. The van der Waals surface area contributed by atoms with Crippen LogP contribution < -0.4 is 10.2 Å². The number of nitrogens with one attached hydrogen (secondary N) is 1. The van der Waals surface area contributed by atoms with E-state index >= 15 is 0 Å². The third-order valence-corrected chi connectivity index (χ3v) is 3.25. The molecule has 1 aliphatic rings. The van der Waals surface area contributed by atoms with E-state index in [1.807, 2.05) is 0 Å². The number of rotatable bonds is 5. The Bertz CT molecular complexity index is 318. The van der Waals surface area contributed by atoms with Crippen LogP contribution in [0.15, 0.2) is 12.1 Å². The Hall–Kier alpha value is -1.16. The minimum absolute atomic E-state index is 0.675. The zero-order valence-electron chi connectivity index (χ0n) is 10.1. The fraction of sp³-hybridized carbons (Fsp3) is 0.667. The lowest BCUT2D eigenvalue weighted by Crippen LogP contribution is -2.37. The van der Waals surface area contributed by atoms with E-state index < -0.39 is 0 Å². The van der Waals surface area contributed by atoms with Crippen LogP contribution >= 0.6 is 0 Å². The first-order chi connectivity index (χ1) is 7.81. The summed E-state index contributed by atoms with van der Waals surface area (Å²) in [6.07, 6.45) is 3.93. The molecule has 1 aliphatic carbocycles. The van der Waals surface area contributed by atoms with E-state index in [1.54, 1.807) is 0 Å². The quantitative estimate of drug-likeness (QED) is 0.818. The van der Waals surface area contributed by atoms with E-state index in [9.17, 15) is 0 Å². The number of aromatic nitrogens is 2. The van der Waals surface area contributed by atoms with E-state index in [1.165, 1.54) is 19.3 Å². The Morgan fingerprint density at radius 2 is 2.19 bits per heavy atom. The molecule has 1 fully saturated rings. The van der Waals surface area contributed by atoms with Crippen molar-refractivity contribution in [1.82, 2.24) is 15.5 Å². The average molecular weight is 220 g/mol.